The zero-order valence-electron chi connectivity index (χ0n) is 14.8. The van der Waals surface area contributed by atoms with Crippen LogP contribution in [0.25, 0.3) is 0 Å². The van der Waals surface area contributed by atoms with Crippen molar-refractivity contribution in [3.8, 4) is 0 Å². The lowest BCUT2D eigenvalue weighted by Gasteiger charge is -2.32. The van der Waals surface area contributed by atoms with Crippen LogP contribution < -0.4 is 10.2 Å². The fourth-order valence-corrected chi connectivity index (χ4v) is 3.35. The minimum Gasteiger partial charge on any atom is -0.360 e. The molecule has 3 heterocycles. The van der Waals surface area contributed by atoms with Crippen molar-refractivity contribution >= 4 is 17.6 Å². The molecule has 0 unspecified atom stereocenters. The van der Waals surface area contributed by atoms with E-state index < -0.39 is 0 Å². The maximum absolute atomic E-state index is 5.05. The second kappa shape index (κ2) is 7.51. The zero-order valence-corrected chi connectivity index (χ0v) is 14.8. The molecule has 0 amide bonds. The molecule has 0 radical (unpaired) electrons. The summed E-state index contributed by atoms with van der Waals surface area (Å²) in [7, 11) is 0. The van der Waals surface area contributed by atoms with E-state index in [-0.39, 0.29) is 0 Å². The molecule has 0 atom stereocenters. The van der Waals surface area contributed by atoms with Crippen molar-refractivity contribution in [3.63, 3.8) is 0 Å². The predicted molar refractivity (Wildman–Crippen MR) is 99.4 cm³/mol. The van der Waals surface area contributed by atoms with Gasteiger partial charge >= 0.3 is 0 Å². The Morgan fingerprint density at radius 2 is 2.00 bits per heavy atom. The molecule has 1 fully saturated rings. The van der Waals surface area contributed by atoms with Gasteiger partial charge in [-0.05, 0) is 37.7 Å². The third-order valence-electron chi connectivity index (χ3n) is 4.72. The van der Waals surface area contributed by atoms with E-state index >= 15 is 0 Å². The van der Waals surface area contributed by atoms with Crippen LogP contribution in [0.2, 0.25) is 0 Å². The summed E-state index contributed by atoms with van der Waals surface area (Å²) in [6.07, 6.45) is 5.18. The van der Waals surface area contributed by atoms with Crippen LogP contribution in [-0.2, 0) is 6.42 Å². The van der Waals surface area contributed by atoms with Crippen LogP contribution in [0.4, 0.5) is 17.6 Å². The van der Waals surface area contributed by atoms with Crippen molar-refractivity contribution in [1.29, 1.82) is 0 Å². The fraction of sp³-hybridized carbons (Fsp3) is 0.368. The normalized spacial score (nSPS) is 15.2. The Labute approximate surface area is 152 Å². The highest BCUT2D eigenvalue weighted by Crippen LogP contribution is 2.25. The van der Waals surface area contributed by atoms with Crippen LogP contribution in [0.3, 0.4) is 0 Å². The Hall–Kier alpha value is -2.96. The van der Waals surface area contributed by atoms with Gasteiger partial charge in [-0.3, -0.25) is 0 Å². The molecule has 1 aliphatic rings. The number of anilines is 3. The summed E-state index contributed by atoms with van der Waals surface area (Å²) in [6, 6.07) is 12.5. The lowest BCUT2D eigenvalue weighted by Crippen LogP contribution is -2.35. The molecule has 134 valence electrons. The van der Waals surface area contributed by atoms with Crippen LogP contribution in [0.1, 0.15) is 24.2 Å². The van der Waals surface area contributed by atoms with Gasteiger partial charge in [0.05, 0.1) is 6.20 Å². The molecular formula is C19H22N6O. The van der Waals surface area contributed by atoms with E-state index in [1.807, 2.05) is 6.92 Å². The first kappa shape index (κ1) is 16.5. The van der Waals surface area contributed by atoms with E-state index in [2.05, 4.69) is 60.9 Å². The molecule has 3 aromatic rings. The van der Waals surface area contributed by atoms with Crippen molar-refractivity contribution in [2.45, 2.75) is 26.2 Å². The molecule has 2 aromatic heterocycles. The number of nitrogens with one attached hydrogen (secondary N) is 1. The van der Waals surface area contributed by atoms with E-state index in [0.717, 1.165) is 49.8 Å². The molecule has 1 saturated heterocycles. The monoisotopic (exact) mass is 350 g/mol. The summed E-state index contributed by atoms with van der Waals surface area (Å²) in [5.74, 6) is 3.32. The summed E-state index contributed by atoms with van der Waals surface area (Å²) < 4.78 is 5.05. The Morgan fingerprint density at radius 3 is 2.73 bits per heavy atom. The molecule has 0 saturated carbocycles. The molecule has 7 nitrogen and oxygen atoms in total. The van der Waals surface area contributed by atoms with E-state index in [9.17, 15) is 0 Å². The third-order valence-corrected chi connectivity index (χ3v) is 4.72. The Bertz CT molecular complexity index is 842. The summed E-state index contributed by atoms with van der Waals surface area (Å²) >= 11 is 0. The molecule has 1 N–H and O–H groups in total. The highest BCUT2D eigenvalue weighted by molar-refractivity contribution is 5.49. The molecular weight excluding hydrogens is 328 g/mol. The number of hydrogen-bond donors (Lipinski definition) is 1. The molecule has 26 heavy (non-hydrogen) atoms. The maximum atomic E-state index is 5.05. The van der Waals surface area contributed by atoms with Crippen LogP contribution in [0.15, 0.2) is 47.1 Å². The summed E-state index contributed by atoms with van der Waals surface area (Å²) in [5, 5.41) is 15.0. The first-order chi connectivity index (χ1) is 12.8. The van der Waals surface area contributed by atoms with Crippen LogP contribution in [0, 0.1) is 12.8 Å². The number of rotatable bonds is 5. The van der Waals surface area contributed by atoms with Crippen LogP contribution >= 0.6 is 0 Å². The zero-order chi connectivity index (χ0) is 17.8. The largest absolute Gasteiger partial charge is 0.360 e. The molecule has 4 rings (SSSR count). The van der Waals surface area contributed by atoms with Gasteiger partial charge in [-0.15, -0.1) is 5.10 Å². The van der Waals surface area contributed by atoms with Gasteiger partial charge in [-0.25, -0.2) is 0 Å². The van der Waals surface area contributed by atoms with E-state index in [4.69, 9.17) is 4.52 Å². The number of aromatic nitrogens is 4. The predicted octanol–water partition coefficient (Wildman–Crippen LogP) is 3.37. The number of benzene rings is 1. The highest BCUT2D eigenvalue weighted by Gasteiger charge is 2.21. The van der Waals surface area contributed by atoms with Crippen molar-refractivity contribution in [2.24, 2.45) is 5.92 Å². The lowest BCUT2D eigenvalue weighted by molar-refractivity contribution is 0.400. The van der Waals surface area contributed by atoms with Crippen molar-refractivity contribution < 1.29 is 4.52 Å². The molecule has 1 aromatic carbocycles. The Morgan fingerprint density at radius 1 is 1.19 bits per heavy atom. The average Bonchev–Trinajstić information content (AvgIpc) is 3.08. The topological polar surface area (TPSA) is 80.0 Å². The van der Waals surface area contributed by atoms with Gasteiger partial charge in [0.2, 0.25) is 5.95 Å². The smallest absolute Gasteiger partial charge is 0.250 e. The number of aryl methyl sites for hydroxylation is 1. The molecule has 0 bridgehead atoms. The first-order valence-electron chi connectivity index (χ1n) is 8.95. The SMILES string of the molecule is Cc1cc(Nc2nncc(N3CCC(Cc4ccccc4)CC3)n2)no1. The molecule has 1 aliphatic heterocycles. The number of piperidine rings is 1. The Kier molecular flexibility index (Phi) is 4.77. The molecule has 0 aliphatic carbocycles. The maximum Gasteiger partial charge on any atom is 0.250 e. The summed E-state index contributed by atoms with van der Waals surface area (Å²) in [4.78, 5) is 6.84. The fourth-order valence-electron chi connectivity index (χ4n) is 3.35. The second-order valence-electron chi connectivity index (χ2n) is 6.71. The van der Waals surface area contributed by atoms with Crippen LogP contribution in [0.5, 0.6) is 0 Å². The Balaban J connectivity index is 1.36. The number of hydrogen-bond acceptors (Lipinski definition) is 7. The highest BCUT2D eigenvalue weighted by atomic mass is 16.5. The van der Waals surface area contributed by atoms with E-state index in [1.54, 1.807) is 12.3 Å². The average molecular weight is 350 g/mol. The summed E-state index contributed by atoms with van der Waals surface area (Å²) in [6.45, 7) is 3.81. The quantitative estimate of drug-likeness (QED) is 0.755. The van der Waals surface area contributed by atoms with Gasteiger partial charge in [0.25, 0.3) is 0 Å². The number of nitrogens with zero attached hydrogens (tertiary/aromatic N) is 5. The minimum atomic E-state index is 0.433. The van der Waals surface area contributed by atoms with Gasteiger partial charge in [-0.1, -0.05) is 35.5 Å². The minimum absolute atomic E-state index is 0.433. The molecule has 7 heteroatoms. The lowest BCUT2D eigenvalue weighted by atomic mass is 9.90. The van der Waals surface area contributed by atoms with Crippen molar-refractivity contribution in [1.82, 2.24) is 20.3 Å². The third kappa shape index (κ3) is 3.99. The van der Waals surface area contributed by atoms with Gasteiger partial charge < -0.3 is 14.7 Å². The van der Waals surface area contributed by atoms with Crippen LogP contribution in [-0.4, -0.2) is 33.4 Å². The van der Waals surface area contributed by atoms with Crippen molar-refractivity contribution in [2.75, 3.05) is 23.3 Å². The van der Waals surface area contributed by atoms with Gasteiger partial charge in [0.15, 0.2) is 11.6 Å². The second-order valence-corrected chi connectivity index (χ2v) is 6.71. The van der Waals surface area contributed by atoms with Crippen molar-refractivity contribution in [3.05, 3.63) is 53.9 Å². The van der Waals surface area contributed by atoms with Gasteiger partial charge in [-0.2, -0.15) is 10.1 Å². The molecule has 0 spiro atoms. The summed E-state index contributed by atoms with van der Waals surface area (Å²) in [5.41, 5.74) is 1.42. The van der Waals surface area contributed by atoms with Gasteiger partial charge in [0.1, 0.15) is 5.76 Å². The standard InChI is InChI=1S/C19H22N6O/c1-14-11-17(24-26-14)21-19-22-18(13-20-23-19)25-9-7-16(8-10-25)12-15-5-3-2-4-6-15/h2-6,11,13,16H,7-10,12H2,1H3,(H,21,22,23,24). The van der Waals surface area contributed by atoms with Gasteiger partial charge in [0, 0.05) is 19.2 Å². The first-order valence-corrected chi connectivity index (χ1v) is 8.95. The van der Waals surface area contributed by atoms with E-state index in [0.29, 0.717) is 11.8 Å². The van der Waals surface area contributed by atoms with E-state index in [1.165, 1.54) is 5.56 Å².